The van der Waals surface area contributed by atoms with Crippen molar-refractivity contribution in [2.45, 2.75) is 32.8 Å². The molecule has 3 nitrogen and oxygen atoms in total. The van der Waals surface area contributed by atoms with Crippen LogP contribution >= 0.6 is 27.5 Å². The fourth-order valence-electron chi connectivity index (χ4n) is 1.67. The smallest absolute Gasteiger partial charge is 0.159 e. The van der Waals surface area contributed by atoms with E-state index in [-0.39, 0.29) is 6.10 Å². The van der Waals surface area contributed by atoms with Crippen LogP contribution in [0, 0.1) is 12.8 Å². The van der Waals surface area contributed by atoms with Gasteiger partial charge in [-0.25, -0.2) is 9.97 Å². The minimum atomic E-state index is 0.00861. The van der Waals surface area contributed by atoms with Crippen LogP contribution in [0.1, 0.15) is 37.4 Å². The van der Waals surface area contributed by atoms with E-state index in [4.69, 9.17) is 16.3 Å². The lowest BCUT2D eigenvalue weighted by Crippen LogP contribution is -2.12. The maximum absolute atomic E-state index is 6.03. The van der Waals surface area contributed by atoms with Crippen LogP contribution in [0.15, 0.2) is 4.47 Å². The van der Waals surface area contributed by atoms with Gasteiger partial charge in [0.05, 0.1) is 10.2 Å². The molecule has 1 atom stereocenters. The first kappa shape index (κ1) is 12.3. The van der Waals surface area contributed by atoms with Crippen LogP contribution in [0.4, 0.5) is 0 Å². The zero-order valence-electron chi connectivity index (χ0n) is 9.33. The van der Waals surface area contributed by atoms with E-state index in [0.29, 0.717) is 17.7 Å². The highest BCUT2D eigenvalue weighted by atomic mass is 79.9. The predicted octanol–water partition coefficient (Wildman–Crippen LogP) is 3.69. The van der Waals surface area contributed by atoms with Gasteiger partial charge in [0.1, 0.15) is 11.3 Å². The van der Waals surface area contributed by atoms with Gasteiger partial charge in [0.15, 0.2) is 5.82 Å². The lowest BCUT2D eigenvalue weighted by atomic mass is 10.2. The number of aromatic nitrogens is 2. The number of aryl methyl sites for hydroxylation is 1. The Hall–Kier alpha value is -0.190. The summed E-state index contributed by atoms with van der Waals surface area (Å²) in [6.45, 7) is 4.58. The van der Waals surface area contributed by atoms with Crippen molar-refractivity contribution in [1.29, 1.82) is 0 Å². The number of nitrogens with zero attached hydrogens (tertiary/aromatic N) is 2. The summed E-state index contributed by atoms with van der Waals surface area (Å²) in [7, 11) is 0. The molecule has 0 spiro atoms. The van der Waals surface area contributed by atoms with Crippen LogP contribution in [-0.4, -0.2) is 16.6 Å². The Bertz CT molecular complexity index is 373. The van der Waals surface area contributed by atoms with Gasteiger partial charge in [-0.2, -0.15) is 0 Å². The van der Waals surface area contributed by atoms with E-state index >= 15 is 0 Å². The van der Waals surface area contributed by atoms with E-state index in [1.165, 1.54) is 12.8 Å². The Morgan fingerprint density at radius 1 is 1.50 bits per heavy atom. The number of hydrogen-bond acceptors (Lipinski definition) is 3. The van der Waals surface area contributed by atoms with E-state index in [1.54, 1.807) is 0 Å². The molecule has 0 aromatic carbocycles. The Kier molecular flexibility index (Phi) is 3.82. The first-order chi connectivity index (χ1) is 7.63. The van der Waals surface area contributed by atoms with Crippen LogP contribution in [0.2, 0.25) is 5.15 Å². The minimum absolute atomic E-state index is 0.00861. The molecule has 0 aliphatic heterocycles. The fourth-order valence-corrected chi connectivity index (χ4v) is 2.07. The van der Waals surface area contributed by atoms with Gasteiger partial charge in [-0.3, -0.25) is 0 Å². The zero-order chi connectivity index (χ0) is 11.7. The van der Waals surface area contributed by atoms with Gasteiger partial charge in [-0.15, -0.1) is 0 Å². The second kappa shape index (κ2) is 4.98. The molecule has 1 aromatic rings. The van der Waals surface area contributed by atoms with Crippen molar-refractivity contribution in [3.8, 4) is 0 Å². The molecule has 1 aromatic heterocycles. The van der Waals surface area contributed by atoms with Gasteiger partial charge in [0, 0.05) is 6.61 Å². The standard InChI is InChI=1S/C11H14BrClN2O/c1-3-16-9(7-4-5-7)11-14-6(2)8(12)10(13)15-11/h7,9H,3-5H2,1-2H3. The Balaban J connectivity index is 2.30. The molecule has 0 saturated heterocycles. The summed E-state index contributed by atoms with van der Waals surface area (Å²) in [6.07, 6.45) is 2.40. The molecule has 1 heterocycles. The van der Waals surface area contributed by atoms with Crippen LogP contribution in [0.25, 0.3) is 0 Å². The monoisotopic (exact) mass is 304 g/mol. The van der Waals surface area contributed by atoms with Crippen LogP contribution < -0.4 is 0 Å². The lowest BCUT2D eigenvalue weighted by molar-refractivity contribution is 0.0399. The molecular formula is C11H14BrClN2O. The highest BCUT2D eigenvalue weighted by Crippen LogP contribution is 2.42. The molecule has 88 valence electrons. The second-order valence-corrected chi connectivity index (χ2v) is 5.14. The molecule has 0 N–H and O–H groups in total. The summed E-state index contributed by atoms with van der Waals surface area (Å²) in [6, 6.07) is 0. The Morgan fingerprint density at radius 3 is 2.69 bits per heavy atom. The van der Waals surface area contributed by atoms with Gasteiger partial charge in [0.2, 0.25) is 0 Å². The van der Waals surface area contributed by atoms with E-state index in [9.17, 15) is 0 Å². The molecule has 1 aliphatic carbocycles. The fraction of sp³-hybridized carbons (Fsp3) is 0.636. The molecular weight excluding hydrogens is 291 g/mol. The first-order valence-corrected chi connectivity index (χ1v) is 6.61. The van der Waals surface area contributed by atoms with Crippen LogP contribution in [0.3, 0.4) is 0 Å². The Labute approximate surface area is 109 Å². The van der Waals surface area contributed by atoms with Crippen molar-refractivity contribution in [3.63, 3.8) is 0 Å². The van der Waals surface area contributed by atoms with Gasteiger partial charge >= 0.3 is 0 Å². The third kappa shape index (κ3) is 2.55. The summed E-state index contributed by atoms with van der Waals surface area (Å²) < 4.78 is 6.47. The molecule has 1 unspecified atom stereocenters. The maximum Gasteiger partial charge on any atom is 0.159 e. The van der Waals surface area contributed by atoms with Crippen molar-refractivity contribution in [2.75, 3.05) is 6.61 Å². The number of hydrogen-bond donors (Lipinski definition) is 0. The van der Waals surface area contributed by atoms with Crippen LogP contribution in [-0.2, 0) is 4.74 Å². The molecule has 0 amide bonds. The normalized spacial score (nSPS) is 17.5. The summed E-state index contributed by atoms with van der Waals surface area (Å²) in [5.74, 6) is 1.28. The third-order valence-corrected chi connectivity index (χ3v) is 4.10. The lowest BCUT2D eigenvalue weighted by Gasteiger charge is -2.16. The predicted molar refractivity (Wildman–Crippen MR) is 66.6 cm³/mol. The molecule has 1 aliphatic rings. The molecule has 16 heavy (non-hydrogen) atoms. The second-order valence-electron chi connectivity index (χ2n) is 3.99. The largest absolute Gasteiger partial charge is 0.370 e. The van der Waals surface area contributed by atoms with Crippen molar-refractivity contribution in [3.05, 3.63) is 21.1 Å². The van der Waals surface area contributed by atoms with Gasteiger partial charge < -0.3 is 4.74 Å². The highest BCUT2D eigenvalue weighted by molar-refractivity contribution is 9.10. The zero-order valence-corrected chi connectivity index (χ0v) is 11.7. The van der Waals surface area contributed by atoms with E-state index < -0.39 is 0 Å². The van der Waals surface area contributed by atoms with E-state index in [1.807, 2.05) is 13.8 Å². The minimum Gasteiger partial charge on any atom is -0.370 e. The number of halogens is 2. The molecule has 1 fully saturated rings. The SMILES string of the molecule is CCOC(c1nc(C)c(Br)c(Cl)n1)C1CC1. The van der Waals surface area contributed by atoms with Crippen molar-refractivity contribution in [2.24, 2.45) is 5.92 Å². The molecule has 0 bridgehead atoms. The number of ether oxygens (including phenoxy) is 1. The van der Waals surface area contributed by atoms with Gasteiger partial charge in [0.25, 0.3) is 0 Å². The molecule has 2 rings (SSSR count). The topological polar surface area (TPSA) is 35.0 Å². The van der Waals surface area contributed by atoms with E-state index in [0.717, 1.165) is 16.0 Å². The average Bonchev–Trinajstić information content (AvgIpc) is 3.05. The van der Waals surface area contributed by atoms with Gasteiger partial charge in [-0.05, 0) is 48.5 Å². The molecule has 0 radical (unpaired) electrons. The van der Waals surface area contributed by atoms with Crippen molar-refractivity contribution in [1.82, 2.24) is 9.97 Å². The number of rotatable bonds is 4. The average molecular weight is 306 g/mol. The van der Waals surface area contributed by atoms with Gasteiger partial charge in [-0.1, -0.05) is 11.6 Å². The maximum atomic E-state index is 6.03. The van der Waals surface area contributed by atoms with E-state index in [2.05, 4.69) is 25.9 Å². The molecule has 1 saturated carbocycles. The Morgan fingerprint density at radius 2 is 2.19 bits per heavy atom. The van der Waals surface area contributed by atoms with Crippen molar-refractivity contribution < 1.29 is 4.74 Å². The van der Waals surface area contributed by atoms with Crippen LogP contribution in [0.5, 0.6) is 0 Å². The summed E-state index contributed by atoms with van der Waals surface area (Å²) in [4.78, 5) is 8.74. The third-order valence-electron chi connectivity index (χ3n) is 2.64. The quantitative estimate of drug-likeness (QED) is 0.796. The van der Waals surface area contributed by atoms with Crippen molar-refractivity contribution >= 4 is 27.5 Å². The summed E-state index contributed by atoms with van der Waals surface area (Å²) in [5.41, 5.74) is 0.861. The molecule has 5 heteroatoms. The summed E-state index contributed by atoms with van der Waals surface area (Å²) in [5, 5.41) is 0.466. The summed E-state index contributed by atoms with van der Waals surface area (Å²) >= 11 is 9.39. The highest BCUT2D eigenvalue weighted by Gasteiger charge is 2.35. The first-order valence-electron chi connectivity index (χ1n) is 5.44.